The minimum Gasteiger partial charge on any atom is -0.497 e. The van der Waals surface area contributed by atoms with Gasteiger partial charge in [0.1, 0.15) is 22.8 Å². The molecule has 6 nitrogen and oxygen atoms in total. The van der Waals surface area contributed by atoms with Crippen molar-refractivity contribution in [2.24, 2.45) is 0 Å². The minimum absolute atomic E-state index is 0.0924. The summed E-state index contributed by atoms with van der Waals surface area (Å²) >= 11 is 0. The molecule has 2 aromatic carbocycles. The average molecular weight is 360 g/mol. The monoisotopic (exact) mass is 360 g/mol. The number of rotatable bonds is 4. The summed E-state index contributed by atoms with van der Waals surface area (Å²) in [7, 11) is -2.09. The summed E-state index contributed by atoms with van der Waals surface area (Å²) in [4.78, 5) is 12.9. The van der Waals surface area contributed by atoms with Gasteiger partial charge < -0.3 is 13.3 Å². The second-order valence-electron chi connectivity index (χ2n) is 5.54. The third-order valence-corrected chi connectivity index (χ3v) is 4.16. The van der Waals surface area contributed by atoms with E-state index in [0.29, 0.717) is 28.0 Å². The summed E-state index contributed by atoms with van der Waals surface area (Å²) < 4.78 is 38.2. The molecule has 0 aliphatic rings. The molecule has 3 aromatic rings. The van der Waals surface area contributed by atoms with Crippen molar-refractivity contribution in [3.05, 3.63) is 58.4 Å². The maximum Gasteiger partial charge on any atom is 0.306 e. The Bertz CT molecular complexity index is 1090. The molecule has 1 heterocycles. The predicted octanol–water partition coefficient (Wildman–Crippen LogP) is 3.12. The average Bonchev–Trinajstić information content (AvgIpc) is 2.53. The van der Waals surface area contributed by atoms with E-state index in [-0.39, 0.29) is 16.8 Å². The zero-order valence-corrected chi connectivity index (χ0v) is 14.7. The molecule has 0 bridgehead atoms. The second-order valence-corrected chi connectivity index (χ2v) is 7.11. The molecule has 3 rings (SSSR count). The van der Waals surface area contributed by atoms with Crippen LogP contribution in [0.25, 0.3) is 22.1 Å². The standard InChI is InChI=1S/C18H16O6S/c1-11-17(12-4-6-13(22-2)7-5-12)18(19)15-9-8-14(10-16(15)23-11)24-25(3,20)21/h4-10H,1-3H3. The fourth-order valence-electron chi connectivity index (χ4n) is 2.60. The molecule has 0 unspecified atom stereocenters. The first-order valence-electron chi connectivity index (χ1n) is 7.40. The van der Waals surface area contributed by atoms with Crippen LogP contribution in [0.1, 0.15) is 5.76 Å². The number of ether oxygens (including phenoxy) is 1. The molecular formula is C18H16O6S. The van der Waals surface area contributed by atoms with Gasteiger partial charge in [0.2, 0.25) is 5.43 Å². The first-order chi connectivity index (χ1) is 11.8. The molecular weight excluding hydrogens is 344 g/mol. The van der Waals surface area contributed by atoms with Crippen molar-refractivity contribution in [2.45, 2.75) is 6.92 Å². The van der Waals surface area contributed by atoms with Crippen molar-refractivity contribution in [3.8, 4) is 22.6 Å². The first-order valence-corrected chi connectivity index (χ1v) is 9.21. The number of aryl methyl sites for hydroxylation is 1. The molecule has 0 spiro atoms. The molecule has 0 atom stereocenters. The van der Waals surface area contributed by atoms with E-state index >= 15 is 0 Å². The largest absolute Gasteiger partial charge is 0.497 e. The zero-order chi connectivity index (χ0) is 18.2. The van der Waals surface area contributed by atoms with Gasteiger partial charge >= 0.3 is 10.1 Å². The maximum atomic E-state index is 12.9. The van der Waals surface area contributed by atoms with Crippen molar-refractivity contribution in [3.63, 3.8) is 0 Å². The summed E-state index contributed by atoms with van der Waals surface area (Å²) in [5, 5.41) is 0.345. The van der Waals surface area contributed by atoms with Crippen LogP contribution in [-0.4, -0.2) is 21.8 Å². The second kappa shape index (κ2) is 6.25. The minimum atomic E-state index is -3.66. The molecule has 0 fully saturated rings. The highest BCUT2D eigenvalue weighted by molar-refractivity contribution is 7.86. The number of methoxy groups -OCH3 is 1. The van der Waals surface area contributed by atoms with Crippen LogP contribution in [0.2, 0.25) is 0 Å². The summed E-state index contributed by atoms with van der Waals surface area (Å²) in [6.45, 7) is 1.69. The van der Waals surface area contributed by atoms with E-state index in [4.69, 9.17) is 13.3 Å². The number of hydrogen-bond acceptors (Lipinski definition) is 6. The van der Waals surface area contributed by atoms with Crippen molar-refractivity contribution in [1.82, 2.24) is 0 Å². The topological polar surface area (TPSA) is 82.8 Å². The molecule has 0 amide bonds. The van der Waals surface area contributed by atoms with Crippen LogP contribution in [-0.2, 0) is 10.1 Å². The van der Waals surface area contributed by atoms with E-state index in [1.807, 2.05) is 0 Å². The molecule has 1 aromatic heterocycles. The Morgan fingerprint density at radius 2 is 1.64 bits per heavy atom. The molecule has 0 saturated heterocycles. The van der Waals surface area contributed by atoms with Crippen molar-refractivity contribution < 1.29 is 21.8 Å². The SMILES string of the molecule is COc1ccc(-c2c(C)oc3cc(OS(C)(=O)=O)ccc3c2=O)cc1. The van der Waals surface area contributed by atoms with Gasteiger partial charge in [-0.25, -0.2) is 0 Å². The van der Waals surface area contributed by atoms with E-state index < -0.39 is 10.1 Å². The van der Waals surface area contributed by atoms with Gasteiger partial charge in [-0.3, -0.25) is 4.79 Å². The third kappa shape index (κ3) is 3.51. The Labute approximate surface area is 144 Å². The fourth-order valence-corrected chi connectivity index (χ4v) is 3.06. The lowest BCUT2D eigenvalue weighted by molar-refractivity contribution is 0.415. The first kappa shape index (κ1) is 17.0. The highest BCUT2D eigenvalue weighted by Gasteiger charge is 2.15. The van der Waals surface area contributed by atoms with Gasteiger partial charge in [0.15, 0.2) is 0 Å². The van der Waals surface area contributed by atoms with Crippen molar-refractivity contribution >= 4 is 21.1 Å². The van der Waals surface area contributed by atoms with Crippen LogP contribution < -0.4 is 14.3 Å². The van der Waals surface area contributed by atoms with Gasteiger partial charge in [0, 0.05) is 6.07 Å². The Hall–Kier alpha value is -2.80. The maximum absolute atomic E-state index is 12.9. The summed E-state index contributed by atoms with van der Waals surface area (Å²) in [5.41, 5.74) is 1.23. The fraction of sp³-hybridized carbons (Fsp3) is 0.167. The summed E-state index contributed by atoms with van der Waals surface area (Å²) in [6.07, 6.45) is 0.950. The van der Waals surface area contributed by atoms with E-state index in [2.05, 4.69) is 0 Å². The van der Waals surface area contributed by atoms with Gasteiger partial charge in [-0.05, 0) is 36.8 Å². The molecule has 0 aliphatic carbocycles. The van der Waals surface area contributed by atoms with Crippen LogP contribution >= 0.6 is 0 Å². The zero-order valence-electron chi connectivity index (χ0n) is 13.9. The predicted molar refractivity (Wildman–Crippen MR) is 94.7 cm³/mol. The van der Waals surface area contributed by atoms with Gasteiger partial charge in [-0.15, -0.1) is 0 Å². The Kier molecular flexibility index (Phi) is 4.26. The van der Waals surface area contributed by atoms with Crippen LogP contribution in [0.5, 0.6) is 11.5 Å². The van der Waals surface area contributed by atoms with Crippen LogP contribution in [0, 0.1) is 6.92 Å². The normalized spacial score (nSPS) is 11.5. The van der Waals surface area contributed by atoms with Gasteiger partial charge in [0.05, 0.1) is 24.3 Å². The van der Waals surface area contributed by atoms with Gasteiger partial charge in [0.25, 0.3) is 0 Å². The molecule has 0 saturated carbocycles. The lowest BCUT2D eigenvalue weighted by Crippen LogP contribution is -2.09. The van der Waals surface area contributed by atoms with Crippen LogP contribution in [0.15, 0.2) is 51.7 Å². The van der Waals surface area contributed by atoms with E-state index in [1.54, 1.807) is 38.3 Å². The molecule has 25 heavy (non-hydrogen) atoms. The van der Waals surface area contributed by atoms with Crippen molar-refractivity contribution in [2.75, 3.05) is 13.4 Å². The molecule has 7 heteroatoms. The molecule has 0 aliphatic heterocycles. The molecule has 0 N–H and O–H groups in total. The summed E-state index contributed by atoms with van der Waals surface area (Å²) in [5.74, 6) is 1.21. The lowest BCUT2D eigenvalue weighted by Gasteiger charge is -2.09. The highest BCUT2D eigenvalue weighted by atomic mass is 32.2. The Balaban J connectivity index is 2.15. The lowest BCUT2D eigenvalue weighted by atomic mass is 10.0. The van der Waals surface area contributed by atoms with Crippen LogP contribution in [0.4, 0.5) is 0 Å². The third-order valence-electron chi connectivity index (χ3n) is 3.67. The van der Waals surface area contributed by atoms with Gasteiger partial charge in [-0.2, -0.15) is 8.42 Å². The molecule has 0 radical (unpaired) electrons. The highest BCUT2D eigenvalue weighted by Crippen LogP contribution is 2.27. The molecule has 130 valence electrons. The van der Waals surface area contributed by atoms with E-state index in [0.717, 1.165) is 6.26 Å². The Morgan fingerprint density at radius 3 is 2.24 bits per heavy atom. The van der Waals surface area contributed by atoms with Gasteiger partial charge in [-0.1, -0.05) is 12.1 Å². The van der Waals surface area contributed by atoms with Crippen LogP contribution in [0.3, 0.4) is 0 Å². The van der Waals surface area contributed by atoms with E-state index in [9.17, 15) is 13.2 Å². The van der Waals surface area contributed by atoms with E-state index in [1.165, 1.54) is 18.2 Å². The number of benzene rings is 2. The smallest absolute Gasteiger partial charge is 0.306 e. The number of fused-ring (bicyclic) bond motifs is 1. The Morgan fingerprint density at radius 1 is 1.00 bits per heavy atom. The quantitative estimate of drug-likeness (QED) is 0.665. The van der Waals surface area contributed by atoms with Crippen molar-refractivity contribution in [1.29, 1.82) is 0 Å². The summed E-state index contributed by atoms with van der Waals surface area (Å²) in [6, 6.07) is 11.4. The number of hydrogen-bond donors (Lipinski definition) is 0.